The third-order valence-electron chi connectivity index (χ3n) is 3.37. The lowest BCUT2D eigenvalue weighted by molar-refractivity contribution is -0.122. The zero-order chi connectivity index (χ0) is 16.5. The number of nitrogens with one attached hydrogen (secondary N) is 2. The summed E-state index contributed by atoms with van der Waals surface area (Å²) in [5, 5.41) is 5.58. The van der Waals surface area contributed by atoms with E-state index in [0.717, 1.165) is 5.69 Å². The molecule has 2 N–H and O–H groups in total. The molecule has 120 valence electrons. The first-order valence-electron chi connectivity index (χ1n) is 7.69. The summed E-state index contributed by atoms with van der Waals surface area (Å²) in [5.74, 6) is 0.349. The van der Waals surface area contributed by atoms with Gasteiger partial charge >= 0.3 is 0 Å². The minimum atomic E-state index is -0.0682. The van der Waals surface area contributed by atoms with Crippen LogP contribution >= 0.6 is 0 Å². The lowest BCUT2D eigenvalue weighted by Crippen LogP contribution is -2.26. The van der Waals surface area contributed by atoms with Crippen LogP contribution < -0.4 is 10.6 Å². The van der Waals surface area contributed by atoms with Crippen LogP contribution in [0.15, 0.2) is 36.9 Å². The van der Waals surface area contributed by atoms with Gasteiger partial charge in [-0.25, -0.2) is 0 Å². The van der Waals surface area contributed by atoms with Crippen molar-refractivity contribution in [1.82, 2.24) is 5.32 Å². The molecule has 0 spiro atoms. The first kappa shape index (κ1) is 18.0. The Kier molecular flexibility index (Phi) is 7.37. The average molecular weight is 302 g/mol. The van der Waals surface area contributed by atoms with Gasteiger partial charge in [0.15, 0.2) is 0 Å². The fourth-order valence-electron chi connectivity index (χ4n) is 2.13. The van der Waals surface area contributed by atoms with E-state index < -0.39 is 0 Å². The maximum absolute atomic E-state index is 12.0. The van der Waals surface area contributed by atoms with Crippen LogP contribution in [0.4, 0.5) is 5.69 Å². The van der Waals surface area contributed by atoms with Crippen molar-refractivity contribution in [2.24, 2.45) is 5.92 Å². The molecule has 0 aromatic heterocycles. The topological polar surface area (TPSA) is 58.2 Å². The minimum Gasteiger partial charge on any atom is -0.353 e. The minimum absolute atomic E-state index is 0.000229. The van der Waals surface area contributed by atoms with Gasteiger partial charge in [-0.05, 0) is 29.5 Å². The Morgan fingerprint density at radius 3 is 2.23 bits per heavy atom. The second-order valence-electron chi connectivity index (χ2n) is 5.93. The van der Waals surface area contributed by atoms with Gasteiger partial charge in [0, 0.05) is 25.1 Å². The third kappa shape index (κ3) is 6.57. The number of carbonyl (C=O) groups is 2. The van der Waals surface area contributed by atoms with Crippen LogP contribution in [0, 0.1) is 5.92 Å². The van der Waals surface area contributed by atoms with Crippen molar-refractivity contribution >= 4 is 17.5 Å². The molecule has 2 amide bonds. The van der Waals surface area contributed by atoms with Crippen LogP contribution in [-0.4, -0.2) is 18.4 Å². The number of hydrogen-bond acceptors (Lipinski definition) is 2. The van der Waals surface area contributed by atoms with Crippen LogP contribution in [0.3, 0.4) is 0 Å². The Morgan fingerprint density at radius 2 is 1.68 bits per heavy atom. The molecular formula is C18H26N2O2. The molecule has 0 bridgehead atoms. The Bertz CT molecular complexity index is 506. The Hall–Kier alpha value is -2.10. The highest BCUT2D eigenvalue weighted by atomic mass is 16.2. The predicted molar refractivity (Wildman–Crippen MR) is 90.8 cm³/mol. The van der Waals surface area contributed by atoms with Crippen molar-refractivity contribution in [2.75, 3.05) is 11.9 Å². The number of rotatable bonds is 8. The number of hydrogen-bond donors (Lipinski definition) is 2. The van der Waals surface area contributed by atoms with E-state index in [9.17, 15) is 9.59 Å². The monoisotopic (exact) mass is 302 g/mol. The van der Waals surface area contributed by atoms with E-state index in [2.05, 4.69) is 31.1 Å². The summed E-state index contributed by atoms with van der Waals surface area (Å²) in [4.78, 5) is 23.5. The van der Waals surface area contributed by atoms with Crippen molar-refractivity contribution in [3.63, 3.8) is 0 Å². The van der Waals surface area contributed by atoms with Gasteiger partial charge in [-0.3, -0.25) is 9.59 Å². The van der Waals surface area contributed by atoms with Crippen LogP contribution in [0.5, 0.6) is 0 Å². The van der Waals surface area contributed by atoms with Gasteiger partial charge in [-0.2, -0.15) is 0 Å². The first-order chi connectivity index (χ1) is 10.4. The van der Waals surface area contributed by atoms with Gasteiger partial charge in [0.1, 0.15) is 0 Å². The number of anilines is 1. The van der Waals surface area contributed by atoms with Crippen LogP contribution in [-0.2, 0) is 9.59 Å². The molecule has 0 heterocycles. The fourth-order valence-corrected chi connectivity index (χ4v) is 2.13. The second kappa shape index (κ2) is 9.03. The van der Waals surface area contributed by atoms with E-state index in [1.807, 2.05) is 31.2 Å². The van der Waals surface area contributed by atoms with Crippen LogP contribution in [0.2, 0.25) is 0 Å². The van der Waals surface area contributed by atoms with E-state index in [1.54, 1.807) is 6.08 Å². The normalized spacial score (nSPS) is 11.8. The van der Waals surface area contributed by atoms with Gasteiger partial charge < -0.3 is 10.6 Å². The zero-order valence-corrected chi connectivity index (χ0v) is 13.7. The molecule has 0 aliphatic heterocycles. The largest absolute Gasteiger partial charge is 0.353 e. The molecule has 0 fully saturated rings. The molecule has 1 rings (SSSR count). The summed E-state index contributed by atoms with van der Waals surface area (Å²) in [7, 11) is 0. The molecule has 0 saturated heterocycles. The molecule has 22 heavy (non-hydrogen) atoms. The highest BCUT2D eigenvalue weighted by Crippen LogP contribution is 2.18. The molecule has 1 aromatic rings. The number of carbonyl (C=O) groups excluding carboxylic acids is 2. The molecule has 0 radical (unpaired) electrons. The van der Waals surface area contributed by atoms with Gasteiger partial charge in [0.05, 0.1) is 0 Å². The van der Waals surface area contributed by atoms with Crippen molar-refractivity contribution < 1.29 is 9.59 Å². The van der Waals surface area contributed by atoms with Crippen molar-refractivity contribution in [3.8, 4) is 0 Å². The van der Waals surface area contributed by atoms with E-state index >= 15 is 0 Å². The maximum atomic E-state index is 12.0. The van der Waals surface area contributed by atoms with Gasteiger partial charge in [-0.1, -0.05) is 39.0 Å². The maximum Gasteiger partial charge on any atom is 0.224 e. The smallest absolute Gasteiger partial charge is 0.224 e. The summed E-state index contributed by atoms with van der Waals surface area (Å²) in [6.07, 6.45) is 2.30. The van der Waals surface area contributed by atoms with Crippen LogP contribution in [0.1, 0.15) is 45.1 Å². The Morgan fingerprint density at radius 1 is 1.09 bits per heavy atom. The molecule has 4 heteroatoms. The third-order valence-corrected chi connectivity index (χ3v) is 3.37. The summed E-state index contributed by atoms with van der Waals surface area (Å²) in [6.45, 7) is 10.2. The van der Waals surface area contributed by atoms with Gasteiger partial charge in [-0.15, -0.1) is 6.58 Å². The highest BCUT2D eigenvalue weighted by molar-refractivity contribution is 5.91. The molecule has 0 saturated carbocycles. The molecule has 1 atom stereocenters. The molecule has 0 unspecified atom stereocenters. The lowest BCUT2D eigenvalue weighted by atomic mass is 10.0. The first-order valence-corrected chi connectivity index (χ1v) is 7.69. The lowest BCUT2D eigenvalue weighted by Gasteiger charge is -2.12. The fraction of sp³-hybridized carbons (Fsp3) is 0.444. The van der Waals surface area contributed by atoms with E-state index in [1.165, 1.54) is 5.56 Å². The van der Waals surface area contributed by atoms with Crippen LogP contribution in [0.25, 0.3) is 0 Å². The second-order valence-corrected chi connectivity index (χ2v) is 5.93. The van der Waals surface area contributed by atoms with E-state index in [-0.39, 0.29) is 17.7 Å². The SMILES string of the molecule is C=CCNC(=O)C[C@H](C)CC(=O)Nc1ccc(C(C)C)cc1. The zero-order valence-electron chi connectivity index (χ0n) is 13.7. The highest BCUT2D eigenvalue weighted by Gasteiger charge is 2.13. The summed E-state index contributed by atoms with van der Waals surface area (Å²) in [6, 6.07) is 7.86. The van der Waals surface area contributed by atoms with E-state index in [0.29, 0.717) is 25.3 Å². The molecule has 0 aliphatic carbocycles. The Balaban J connectivity index is 2.41. The average Bonchev–Trinajstić information content (AvgIpc) is 2.45. The summed E-state index contributed by atoms with van der Waals surface area (Å²) in [5.41, 5.74) is 2.03. The van der Waals surface area contributed by atoms with Crippen molar-refractivity contribution in [1.29, 1.82) is 0 Å². The number of amides is 2. The molecule has 0 aliphatic rings. The standard InChI is InChI=1S/C18H26N2O2/c1-5-10-19-17(21)11-14(4)12-18(22)20-16-8-6-15(7-9-16)13(2)3/h5-9,13-14H,1,10-12H2,2-4H3,(H,19,21)(H,20,22)/t14-/m0/s1. The molecular weight excluding hydrogens is 276 g/mol. The summed E-state index contributed by atoms with van der Waals surface area (Å²) < 4.78 is 0. The molecule has 1 aromatic carbocycles. The molecule has 4 nitrogen and oxygen atoms in total. The van der Waals surface area contributed by atoms with E-state index in [4.69, 9.17) is 0 Å². The predicted octanol–water partition coefficient (Wildman–Crippen LogP) is 3.47. The van der Waals surface area contributed by atoms with Crippen molar-refractivity contribution in [3.05, 3.63) is 42.5 Å². The number of benzene rings is 1. The quantitative estimate of drug-likeness (QED) is 0.722. The van der Waals surface area contributed by atoms with Gasteiger partial charge in [0.2, 0.25) is 11.8 Å². The van der Waals surface area contributed by atoms with Crippen molar-refractivity contribution in [2.45, 2.75) is 39.5 Å². The Labute approximate surface area is 133 Å². The van der Waals surface area contributed by atoms with Gasteiger partial charge in [0.25, 0.3) is 0 Å². The summed E-state index contributed by atoms with van der Waals surface area (Å²) >= 11 is 0.